The van der Waals surface area contributed by atoms with Gasteiger partial charge in [0.2, 0.25) is 0 Å². The quantitative estimate of drug-likeness (QED) is 0.605. The van der Waals surface area contributed by atoms with E-state index in [0.717, 1.165) is 11.1 Å². The number of benzene rings is 2. The lowest BCUT2D eigenvalue weighted by Crippen LogP contribution is -2.19. The van der Waals surface area contributed by atoms with E-state index in [1.54, 1.807) is 30.3 Å². The van der Waals surface area contributed by atoms with E-state index >= 15 is 0 Å². The van der Waals surface area contributed by atoms with Gasteiger partial charge in [-0.05, 0) is 45.0 Å². The predicted molar refractivity (Wildman–Crippen MR) is 99.5 cm³/mol. The molecule has 0 aliphatic heterocycles. The van der Waals surface area contributed by atoms with Gasteiger partial charge in [0.25, 0.3) is 0 Å². The summed E-state index contributed by atoms with van der Waals surface area (Å²) >= 11 is 0. The second kappa shape index (κ2) is 7.99. The molecule has 3 heteroatoms. The van der Waals surface area contributed by atoms with Crippen molar-refractivity contribution in [3.05, 3.63) is 77.4 Å². The van der Waals surface area contributed by atoms with E-state index in [-0.39, 0.29) is 6.42 Å². The molecule has 1 unspecified atom stereocenters. The largest absolute Gasteiger partial charge is 0.223 e. The average Bonchev–Trinajstić information content (AvgIpc) is 2.56. The molecule has 2 nitrogen and oxygen atoms in total. The summed E-state index contributed by atoms with van der Waals surface area (Å²) < 4.78 is 25.7. The zero-order valence-corrected chi connectivity index (χ0v) is 15.1. The molecule has 0 radical (unpaired) electrons. The Bertz CT molecular complexity index is 861. The summed E-state index contributed by atoms with van der Waals surface area (Å²) in [5.41, 5.74) is 3.04. The van der Waals surface area contributed by atoms with Crippen LogP contribution in [0.3, 0.4) is 0 Å². The van der Waals surface area contributed by atoms with Crippen LogP contribution in [0.25, 0.3) is 0 Å². The van der Waals surface area contributed by atoms with Crippen LogP contribution in [0.4, 0.5) is 0 Å². The molecule has 0 heterocycles. The van der Waals surface area contributed by atoms with Gasteiger partial charge >= 0.3 is 0 Å². The fraction of sp³-hybridized carbons (Fsp3) is 0.238. The molecule has 2 rings (SSSR count). The lowest BCUT2D eigenvalue weighted by atomic mass is 10.1. The molecule has 0 N–H and O–H groups in total. The van der Waals surface area contributed by atoms with Gasteiger partial charge in [-0.3, -0.25) is 0 Å². The smallest absolute Gasteiger partial charge is 0.185 e. The first kappa shape index (κ1) is 18.0. The van der Waals surface area contributed by atoms with E-state index in [0.29, 0.717) is 4.90 Å². The molecule has 0 fully saturated rings. The molecule has 1 atom stereocenters. The van der Waals surface area contributed by atoms with Crippen LogP contribution in [-0.2, 0) is 9.84 Å². The minimum absolute atomic E-state index is 0.274. The Labute approximate surface area is 145 Å². The number of rotatable bonds is 4. The maximum Gasteiger partial charge on any atom is 0.185 e. The molecule has 0 aromatic heterocycles. The normalized spacial score (nSPS) is 12.0. The molecule has 0 bridgehead atoms. The summed E-state index contributed by atoms with van der Waals surface area (Å²) in [4.78, 5) is 0.338. The standard InChI is InChI=1S/C21H22O2S/c1-17(2)16-21(24(22,23)20-9-5-4-6-10-20)11-7-8-19-14-12-18(3)13-15-19/h4-6,9-10,12-16,21H,11H2,1-3H3. The van der Waals surface area contributed by atoms with Crippen molar-refractivity contribution in [2.75, 3.05) is 0 Å². The molecule has 0 spiro atoms. The minimum Gasteiger partial charge on any atom is -0.223 e. The zero-order valence-electron chi connectivity index (χ0n) is 14.3. The van der Waals surface area contributed by atoms with Gasteiger partial charge < -0.3 is 0 Å². The van der Waals surface area contributed by atoms with Crippen LogP contribution in [0, 0.1) is 18.8 Å². The first-order valence-electron chi connectivity index (χ1n) is 7.89. The third-order valence-electron chi connectivity index (χ3n) is 3.58. The van der Waals surface area contributed by atoms with Gasteiger partial charge in [-0.25, -0.2) is 8.42 Å². The predicted octanol–water partition coefficient (Wildman–Crippen LogP) is 4.55. The molecule has 0 saturated carbocycles. The number of aryl methyl sites for hydroxylation is 1. The molecule has 0 aliphatic carbocycles. The minimum atomic E-state index is -3.44. The van der Waals surface area contributed by atoms with Gasteiger partial charge in [-0.15, -0.1) is 0 Å². The second-order valence-electron chi connectivity index (χ2n) is 6.01. The van der Waals surface area contributed by atoms with Gasteiger partial charge in [0.05, 0.1) is 10.1 Å². The van der Waals surface area contributed by atoms with Crippen molar-refractivity contribution in [3.63, 3.8) is 0 Å². The van der Waals surface area contributed by atoms with Crippen molar-refractivity contribution < 1.29 is 8.42 Å². The van der Waals surface area contributed by atoms with Crippen molar-refractivity contribution in [2.45, 2.75) is 37.3 Å². The zero-order chi connectivity index (χ0) is 17.6. The Morgan fingerprint density at radius 1 is 1.04 bits per heavy atom. The fourth-order valence-corrected chi connectivity index (χ4v) is 3.95. The van der Waals surface area contributed by atoms with Crippen molar-refractivity contribution in [1.29, 1.82) is 0 Å². The summed E-state index contributed by atoms with van der Waals surface area (Å²) in [5, 5.41) is -0.636. The van der Waals surface area contributed by atoms with Crippen LogP contribution in [0.2, 0.25) is 0 Å². The van der Waals surface area contributed by atoms with E-state index in [1.807, 2.05) is 51.1 Å². The van der Waals surface area contributed by atoms with Crippen molar-refractivity contribution in [2.24, 2.45) is 0 Å². The summed E-state index contributed by atoms with van der Waals surface area (Å²) in [5.74, 6) is 6.08. The summed E-state index contributed by atoms with van der Waals surface area (Å²) in [6.45, 7) is 5.83. The number of allylic oxidation sites excluding steroid dienone is 1. The molecule has 0 aliphatic rings. The Morgan fingerprint density at radius 2 is 1.67 bits per heavy atom. The molecule has 0 saturated heterocycles. The van der Waals surface area contributed by atoms with E-state index in [9.17, 15) is 8.42 Å². The van der Waals surface area contributed by atoms with Gasteiger partial charge in [0.1, 0.15) is 0 Å². The van der Waals surface area contributed by atoms with Gasteiger partial charge in [-0.1, -0.05) is 59.4 Å². The summed E-state index contributed by atoms with van der Waals surface area (Å²) in [7, 11) is -3.44. The van der Waals surface area contributed by atoms with Gasteiger partial charge in [-0.2, -0.15) is 0 Å². The average molecular weight is 338 g/mol. The van der Waals surface area contributed by atoms with Crippen LogP contribution in [0.1, 0.15) is 31.4 Å². The third-order valence-corrected chi connectivity index (χ3v) is 5.61. The monoisotopic (exact) mass is 338 g/mol. The summed E-state index contributed by atoms with van der Waals surface area (Å²) in [6.07, 6.45) is 2.06. The molecule has 2 aromatic carbocycles. The van der Waals surface area contributed by atoms with E-state index < -0.39 is 15.1 Å². The molecular formula is C21H22O2S. The highest BCUT2D eigenvalue weighted by Crippen LogP contribution is 2.20. The highest BCUT2D eigenvalue weighted by atomic mass is 32.2. The topological polar surface area (TPSA) is 34.1 Å². The molecular weight excluding hydrogens is 316 g/mol. The van der Waals surface area contributed by atoms with Crippen LogP contribution >= 0.6 is 0 Å². The first-order chi connectivity index (χ1) is 11.4. The maximum atomic E-state index is 12.8. The highest BCUT2D eigenvalue weighted by molar-refractivity contribution is 7.92. The Balaban J connectivity index is 2.27. The molecule has 24 heavy (non-hydrogen) atoms. The van der Waals surface area contributed by atoms with Gasteiger partial charge in [0, 0.05) is 12.0 Å². The van der Waals surface area contributed by atoms with Gasteiger partial charge in [0.15, 0.2) is 9.84 Å². The molecule has 2 aromatic rings. The maximum absolute atomic E-state index is 12.8. The third kappa shape index (κ3) is 4.84. The Kier molecular flexibility index (Phi) is 6.00. The highest BCUT2D eigenvalue weighted by Gasteiger charge is 2.24. The molecule has 124 valence electrons. The number of hydrogen-bond donors (Lipinski definition) is 0. The number of sulfone groups is 1. The first-order valence-corrected chi connectivity index (χ1v) is 9.44. The van der Waals surface area contributed by atoms with Crippen LogP contribution in [0.15, 0.2) is 71.1 Å². The van der Waals surface area contributed by atoms with Crippen LogP contribution in [0.5, 0.6) is 0 Å². The lowest BCUT2D eigenvalue weighted by molar-refractivity contribution is 0.588. The Morgan fingerprint density at radius 3 is 2.25 bits per heavy atom. The fourth-order valence-electron chi connectivity index (χ4n) is 2.31. The Hall–Kier alpha value is -2.31. The summed E-state index contributed by atoms with van der Waals surface area (Å²) in [6, 6.07) is 16.5. The van der Waals surface area contributed by atoms with E-state index in [1.165, 1.54) is 5.56 Å². The lowest BCUT2D eigenvalue weighted by Gasteiger charge is -2.12. The van der Waals surface area contributed by atoms with Crippen LogP contribution in [-0.4, -0.2) is 13.7 Å². The molecule has 0 amide bonds. The number of hydrogen-bond acceptors (Lipinski definition) is 2. The SMILES string of the molecule is CC(C)=CC(CC#Cc1ccc(C)cc1)S(=O)(=O)c1ccccc1. The van der Waals surface area contributed by atoms with E-state index in [2.05, 4.69) is 11.8 Å². The van der Waals surface area contributed by atoms with Crippen molar-refractivity contribution in [1.82, 2.24) is 0 Å². The van der Waals surface area contributed by atoms with Crippen LogP contribution < -0.4 is 0 Å². The van der Waals surface area contributed by atoms with Crippen molar-refractivity contribution in [3.8, 4) is 11.8 Å². The van der Waals surface area contributed by atoms with E-state index in [4.69, 9.17) is 0 Å². The second-order valence-corrected chi connectivity index (χ2v) is 8.18. The van der Waals surface area contributed by atoms with Crippen molar-refractivity contribution >= 4 is 9.84 Å².